The number of benzene rings is 2. The zero-order chi connectivity index (χ0) is 14.4. The summed E-state index contributed by atoms with van der Waals surface area (Å²) in [5, 5.41) is 12.1. The predicted molar refractivity (Wildman–Crippen MR) is 82.5 cm³/mol. The van der Waals surface area contributed by atoms with Crippen LogP contribution in [0, 0.1) is 0 Å². The minimum absolute atomic E-state index is 0.0261. The molecule has 0 saturated carbocycles. The topological polar surface area (TPSA) is 49.3 Å². The summed E-state index contributed by atoms with van der Waals surface area (Å²) in [7, 11) is 0. The third-order valence-corrected chi connectivity index (χ3v) is 3.51. The van der Waals surface area contributed by atoms with Gasteiger partial charge in [0.2, 0.25) is 0 Å². The van der Waals surface area contributed by atoms with Gasteiger partial charge in [0.1, 0.15) is 0 Å². The zero-order valence-electron chi connectivity index (χ0n) is 10.9. The van der Waals surface area contributed by atoms with E-state index in [9.17, 15) is 4.79 Å². The van der Waals surface area contributed by atoms with Crippen molar-refractivity contribution in [3.63, 3.8) is 0 Å². The van der Waals surface area contributed by atoms with E-state index >= 15 is 0 Å². The van der Waals surface area contributed by atoms with Crippen molar-refractivity contribution >= 4 is 21.8 Å². The highest BCUT2D eigenvalue weighted by molar-refractivity contribution is 9.10. The summed E-state index contributed by atoms with van der Waals surface area (Å²) < 4.78 is 0.864. The molecule has 0 saturated heterocycles. The van der Waals surface area contributed by atoms with Gasteiger partial charge in [-0.1, -0.05) is 52.3 Å². The Labute approximate surface area is 126 Å². The number of hydrogen-bond acceptors (Lipinski definition) is 2. The number of nitrogens with one attached hydrogen (secondary N) is 1. The Balaban J connectivity index is 2.14. The maximum Gasteiger partial charge on any atom is 0.251 e. The van der Waals surface area contributed by atoms with Gasteiger partial charge in [-0.05, 0) is 30.2 Å². The molecule has 0 bridgehead atoms. The van der Waals surface area contributed by atoms with E-state index in [4.69, 9.17) is 5.11 Å². The molecule has 0 aliphatic heterocycles. The van der Waals surface area contributed by atoms with Gasteiger partial charge in [0.15, 0.2) is 0 Å². The van der Waals surface area contributed by atoms with Crippen molar-refractivity contribution in [1.29, 1.82) is 0 Å². The second kappa shape index (κ2) is 7.22. The summed E-state index contributed by atoms with van der Waals surface area (Å²) in [6, 6.07) is 16.7. The van der Waals surface area contributed by atoms with E-state index in [1.54, 1.807) is 12.1 Å². The molecule has 1 atom stereocenters. The van der Waals surface area contributed by atoms with Crippen LogP contribution in [0.15, 0.2) is 59.1 Å². The lowest BCUT2D eigenvalue weighted by Gasteiger charge is -2.18. The highest BCUT2D eigenvalue weighted by Crippen LogP contribution is 2.18. The lowest BCUT2D eigenvalue weighted by Crippen LogP contribution is -2.29. The molecule has 0 heterocycles. The number of aliphatic hydroxyl groups excluding tert-OH is 1. The highest BCUT2D eigenvalue weighted by atomic mass is 79.9. The predicted octanol–water partition coefficient (Wildman–Crippen LogP) is 3.30. The Bertz CT molecular complexity index is 572. The molecule has 2 aromatic carbocycles. The Hall–Kier alpha value is -1.65. The number of carbonyl (C=O) groups is 1. The van der Waals surface area contributed by atoms with Crippen molar-refractivity contribution in [2.24, 2.45) is 0 Å². The van der Waals surface area contributed by atoms with Crippen LogP contribution in [0.2, 0.25) is 0 Å². The standard InChI is InChI=1S/C16H16BrNO2/c17-14-8-4-7-13(11-14)16(20)18-15(9-10-19)12-5-2-1-3-6-12/h1-8,11,15,19H,9-10H2,(H,18,20). The lowest BCUT2D eigenvalue weighted by molar-refractivity contribution is 0.0930. The molecular formula is C16H16BrNO2. The van der Waals surface area contributed by atoms with Crippen molar-refractivity contribution in [3.05, 3.63) is 70.2 Å². The molecule has 20 heavy (non-hydrogen) atoms. The number of aliphatic hydroxyl groups is 1. The van der Waals surface area contributed by atoms with Gasteiger partial charge < -0.3 is 10.4 Å². The summed E-state index contributed by atoms with van der Waals surface area (Å²) in [4.78, 5) is 12.2. The van der Waals surface area contributed by atoms with Crippen LogP contribution >= 0.6 is 15.9 Å². The maximum atomic E-state index is 12.2. The molecule has 2 rings (SSSR count). The summed E-state index contributed by atoms with van der Waals surface area (Å²) in [6.45, 7) is 0.0261. The van der Waals surface area contributed by atoms with E-state index in [2.05, 4.69) is 21.2 Å². The van der Waals surface area contributed by atoms with Crippen molar-refractivity contribution in [2.45, 2.75) is 12.5 Å². The molecular weight excluding hydrogens is 318 g/mol. The number of rotatable bonds is 5. The van der Waals surface area contributed by atoms with E-state index in [0.717, 1.165) is 10.0 Å². The van der Waals surface area contributed by atoms with Crippen molar-refractivity contribution in [1.82, 2.24) is 5.32 Å². The molecule has 4 heteroatoms. The highest BCUT2D eigenvalue weighted by Gasteiger charge is 2.15. The van der Waals surface area contributed by atoms with E-state index in [1.165, 1.54) is 0 Å². The third-order valence-electron chi connectivity index (χ3n) is 3.01. The Kier molecular flexibility index (Phi) is 5.32. The van der Waals surface area contributed by atoms with Crippen LogP contribution in [0.3, 0.4) is 0 Å². The van der Waals surface area contributed by atoms with Crippen LogP contribution in [0.5, 0.6) is 0 Å². The molecule has 0 radical (unpaired) electrons. The van der Waals surface area contributed by atoms with E-state index in [1.807, 2.05) is 42.5 Å². The van der Waals surface area contributed by atoms with Gasteiger partial charge in [0.25, 0.3) is 5.91 Å². The van der Waals surface area contributed by atoms with Gasteiger partial charge in [-0.25, -0.2) is 0 Å². The molecule has 0 aliphatic carbocycles. The van der Waals surface area contributed by atoms with Crippen LogP contribution in [-0.2, 0) is 0 Å². The molecule has 1 amide bonds. The van der Waals surface area contributed by atoms with Gasteiger partial charge in [0, 0.05) is 16.6 Å². The fourth-order valence-electron chi connectivity index (χ4n) is 2.01. The smallest absolute Gasteiger partial charge is 0.251 e. The average molecular weight is 334 g/mol. The van der Waals surface area contributed by atoms with Crippen LogP contribution in [-0.4, -0.2) is 17.6 Å². The summed E-state index contributed by atoms with van der Waals surface area (Å²) >= 11 is 3.35. The SMILES string of the molecule is O=C(NC(CCO)c1ccccc1)c1cccc(Br)c1. The summed E-state index contributed by atoms with van der Waals surface area (Å²) in [5.74, 6) is -0.145. The van der Waals surface area contributed by atoms with Gasteiger partial charge in [-0.3, -0.25) is 4.79 Å². The molecule has 2 N–H and O–H groups in total. The van der Waals surface area contributed by atoms with E-state index in [0.29, 0.717) is 12.0 Å². The zero-order valence-corrected chi connectivity index (χ0v) is 12.5. The summed E-state index contributed by atoms with van der Waals surface area (Å²) in [6.07, 6.45) is 0.490. The van der Waals surface area contributed by atoms with E-state index < -0.39 is 0 Å². The van der Waals surface area contributed by atoms with Gasteiger partial charge in [0.05, 0.1) is 6.04 Å². The second-order valence-electron chi connectivity index (χ2n) is 4.46. The van der Waals surface area contributed by atoms with E-state index in [-0.39, 0.29) is 18.6 Å². The van der Waals surface area contributed by atoms with Gasteiger partial charge in [-0.2, -0.15) is 0 Å². The monoisotopic (exact) mass is 333 g/mol. The maximum absolute atomic E-state index is 12.2. The van der Waals surface area contributed by atoms with Crippen LogP contribution in [0.25, 0.3) is 0 Å². The van der Waals surface area contributed by atoms with Gasteiger partial charge in [-0.15, -0.1) is 0 Å². The largest absolute Gasteiger partial charge is 0.396 e. The van der Waals surface area contributed by atoms with Crippen LogP contribution < -0.4 is 5.32 Å². The Morgan fingerprint density at radius 1 is 1.15 bits per heavy atom. The Morgan fingerprint density at radius 3 is 2.55 bits per heavy atom. The number of hydrogen-bond donors (Lipinski definition) is 2. The minimum Gasteiger partial charge on any atom is -0.396 e. The molecule has 0 aliphatic rings. The molecule has 2 aromatic rings. The minimum atomic E-state index is -0.187. The van der Waals surface area contributed by atoms with Crippen LogP contribution in [0.4, 0.5) is 0 Å². The first-order chi connectivity index (χ1) is 9.70. The van der Waals surface area contributed by atoms with Crippen LogP contribution in [0.1, 0.15) is 28.4 Å². The van der Waals surface area contributed by atoms with Crippen molar-refractivity contribution in [3.8, 4) is 0 Å². The normalized spacial score (nSPS) is 11.9. The first-order valence-corrected chi connectivity index (χ1v) is 7.22. The first-order valence-electron chi connectivity index (χ1n) is 6.43. The number of amides is 1. The molecule has 1 unspecified atom stereocenters. The molecule has 0 spiro atoms. The molecule has 0 fully saturated rings. The fraction of sp³-hybridized carbons (Fsp3) is 0.188. The Morgan fingerprint density at radius 2 is 1.90 bits per heavy atom. The fourth-order valence-corrected chi connectivity index (χ4v) is 2.41. The molecule has 104 valence electrons. The van der Waals surface area contributed by atoms with Gasteiger partial charge >= 0.3 is 0 Å². The average Bonchev–Trinajstić information content (AvgIpc) is 2.47. The summed E-state index contributed by atoms with van der Waals surface area (Å²) in [5.41, 5.74) is 1.59. The van der Waals surface area contributed by atoms with Crippen molar-refractivity contribution < 1.29 is 9.90 Å². The lowest BCUT2D eigenvalue weighted by atomic mass is 10.0. The molecule has 0 aromatic heterocycles. The second-order valence-corrected chi connectivity index (χ2v) is 5.38. The number of carbonyl (C=O) groups excluding carboxylic acids is 1. The first kappa shape index (κ1) is 14.8. The third kappa shape index (κ3) is 3.92. The quantitative estimate of drug-likeness (QED) is 0.881. The molecule has 3 nitrogen and oxygen atoms in total. The van der Waals surface area contributed by atoms with Crippen molar-refractivity contribution in [2.75, 3.05) is 6.61 Å². The number of halogens is 1.